The third kappa shape index (κ3) is 6.31. The highest BCUT2D eigenvalue weighted by atomic mass is 19.4. The van der Waals surface area contributed by atoms with Gasteiger partial charge in [0.2, 0.25) is 0 Å². The van der Waals surface area contributed by atoms with Crippen molar-refractivity contribution in [2.75, 3.05) is 20.2 Å². The summed E-state index contributed by atoms with van der Waals surface area (Å²) in [5.74, 6) is 0.888. The lowest BCUT2D eigenvalue weighted by Crippen LogP contribution is -2.61. The molecule has 3 aliphatic heterocycles. The van der Waals surface area contributed by atoms with Crippen LogP contribution in [0.5, 0.6) is 5.75 Å². The van der Waals surface area contributed by atoms with E-state index >= 15 is 0 Å². The molecule has 3 atom stereocenters. The molecule has 3 nitrogen and oxygen atoms in total. The molecule has 3 heterocycles. The predicted octanol–water partition coefficient (Wildman–Crippen LogP) is 7.74. The molecule has 3 aliphatic rings. The van der Waals surface area contributed by atoms with E-state index in [1.165, 1.54) is 0 Å². The van der Waals surface area contributed by atoms with Crippen molar-refractivity contribution in [3.63, 3.8) is 0 Å². The molecule has 6 rings (SSSR count). The molecule has 0 radical (unpaired) electrons. The SMILES string of the molecule is COc1ccc(C(Cc2ccccc2)C2C(OCc3cc(C(F)(F)F)cc(C(F)(F)F)c3)C3CCN2CC3)cc1. The average molecular weight is 564 g/mol. The van der Waals surface area contributed by atoms with Gasteiger partial charge in [0.1, 0.15) is 5.75 Å². The highest BCUT2D eigenvalue weighted by Crippen LogP contribution is 2.43. The number of methoxy groups -OCH3 is 1. The van der Waals surface area contributed by atoms with Crippen LogP contribution in [0.1, 0.15) is 46.6 Å². The largest absolute Gasteiger partial charge is 0.497 e. The summed E-state index contributed by atoms with van der Waals surface area (Å²) in [6.45, 7) is 1.41. The molecular formula is C31H31F6NO2. The lowest BCUT2D eigenvalue weighted by Gasteiger charge is -2.53. The van der Waals surface area contributed by atoms with Crippen molar-refractivity contribution in [1.82, 2.24) is 4.90 Å². The van der Waals surface area contributed by atoms with Crippen LogP contribution in [0, 0.1) is 5.92 Å². The first-order valence-corrected chi connectivity index (χ1v) is 13.3. The van der Waals surface area contributed by atoms with Gasteiger partial charge in [0.15, 0.2) is 0 Å². The zero-order chi connectivity index (χ0) is 28.5. The van der Waals surface area contributed by atoms with E-state index in [4.69, 9.17) is 9.47 Å². The Hall–Kier alpha value is -3.04. The minimum atomic E-state index is -4.90. The standard InChI is InChI=1S/C31H31F6NO2/c1-39-26-9-7-22(8-10-26)27(17-20-5-3-2-4-6-20)28-29(23-11-13-38(28)14-12-23)40-19-21-15-24(30(32,33)34)18-25(16-21)31(35,36)37/h2-10,15-16,18,23,27-29H,11-14,17,19H2,1H3. The average Bonchev–Trinajstić information content (AvgIpc) is 2.95. The van der Waals surface area contributed by atoms with Crippen molar-refractivity contribution in [1.29, 1.82) is 0 Å². The Balaban J connectivity index is 1.47. The van der Waals surface area contributed by atoms with Crippen LogP contribution in [0.25, 0.3) is 0 Å². The van der Waals surface area contributed by atoms with Gasteiger partial charge in [-0.1, -0.05) is 42.5 Å². The number of benzene rings is 3. The van der Waals surface area contributed by atoms with E-state index in [2.05, 4.69) is 17.0 Å². The van der Waals surface area contributed by atoms with Crippen molar-refractivity contribution in [2.24, 2.45) is 5.92 Å². The number of piperidine rings is 3. The van der Waals surface area contributed by atoms with Gasteiger partial charge >= 0.3 is 12.4 Å². The normalized spacial score (nSPS) is 23.7. The molecule has 3 unspecified atom stereocenters. The number of nitrogens with zero attached hydrogens (tertiary/aromatic N) is 1. The molecule has 0 aromatic heterocycles. The van der Waals surface area contributed by atoms with Gasteiger partial charge in [-0.25, -0.2) is 0 Å². The lowest BCUT2D eigenvalue weighted by atomic mass is 9.72. The predicted molar refractivity (Wildman–Crippen MR) is 139 cm³/mol. The molecular weight excluding hydrogens is 532 g/mol. The summed E-state index contributed by atoms with van der Waals surface area (Å²) in [4.78, 5) is 2.37. The fraction of sp³-hybridized carbons (Fsp3) is 0.419. The number of hydrogen-bond donors (Lipinski definition) is 0. The quantitative estimate of drug-likeness (QED) is 0.262. The lowest BCUT2D eigenvalue weighted by molar-refractivity contribution is -0.143. The van der Waals surface area contributed by atoms with Crippen LogP contribution < -0.4 is 4.74 Å². The Morgan fingerprint density at radius 2 is 1.40 bits per heavy atom. The van der Waals surface area contributed by atoms with Gasteiger partial charge in [0.25, 0.3) is 0 Å². The second-order valence-electron chi connectivity index (χ2n) is 10.6. The minimum absolute atomic E-state index is 0.00588. The Morgan fingerprint density at radius 3 is 1.95 bits per heavy atom. The number of alkyl halides is 6. The van der Waals surface area contributed by atoms with Gasteiger partial charge in [0.05, 0.1) is 30.9 Å². The van der Waals surface area contributed by atoms with E-state index < -0.39 is 23.5 Å². The number of fused-ring (bicyclic) bond motifs is 3. The van der Waals surface area contributed by atoms with Crippen molar-refractivity contribution >= 4 is 0 Å². The second kappa shape index (κ2) is 11.4. The van der Waals surface area contributed by atoms with Gasteiger partial charge in [0, 0.05) is 12.0 Å². The molecule has 0 aliphatic carbocycles. The van der Waals surface area contributed by atoms with Gasteiger partial charge in [-0.2, -0.15) is 26.3 Å². The fourth-order valence-corrected chi connectivity index (χ4v) is 6.20. The smallest absolute Gasteiger partial charge is 0.416 e. The van der Waals surface area contributed by atoms with Crippen molar-refractivity contribution in [3.8, 4) is 5.75 Å². The molecule has 2 bridgehead atoms. The summed E-state index contributed by atoms with van der Waals surface area (Å²) >= 11 is 0. The van der Waals surface area contributed by atoms with Crippen molar-refractivity contribution in [2.45, 2.75) is 56.3 Å². The summed E-state index contributed by atoms with van der Waals surface area (Å²) in [7, 11) is 1.60. The van der Waals surface area contributed by atoms with Gasteiger partial charge < -0.3 is 9.47 Å². The third-order valence-electron chi connectivity index (χ3n) is 8.14. The Morgan fingerprint density at radius 1 is 0.800 bits per heavy atom. The molecule has 3 aromatic carbocycles. The minimum Gasteiger partial charge on any atom is -0.497 e. The molecule has 9 heteroatoms. The van der Waals surface area contributed by atoms with E-state index in [1.807, 2.05) is 42.5 Å². The molecule has 0 spiro atoms. The Labute approximate surface area is 229 Å². The van der Waals surface area contributed by atoms with Crippen LogP contribution in [0.15, 0.2) is 72.8 Å². The highest BCUT2D eigenvalue weighted by molar-refractivity contribution is 5.34. The monoisotopic (exact) mass is 563 g/mol. The summed E-state index contributed by atoms with van der Waals surface area (Å²) < 4.78 is 92.4. The summed E-state index contributed by atoms with van der Waals surface area (Å²) in [5, 5.41) is 0. The fourth-order valence-electron chi connectivity index (χ4n) is 6.20. The zero-order valence-electron chi connectivity index (χ0n) is 22.0. The molecule has 40 heavy (non-hydrogen) atoms. The van der Waals surface area contributed by atoms with E-state index in [0.29, 0.717) is 6.42 Å². The van der Waals surface area contributed by atoms with Gasteiger partial charge in [-0.3, -0.25) is 4.90 Å². The first-order valence-electron chi connectivity index (χ1n) is 13.3. The van der Waals surface area contributed by atoms with E-state index in [1.54, 1.807) is 7.11 Å². The van der Waals surface area contributed by atoms with Crippen LogP contribution in [-0.2, 0) is 30.1 Å². The van der Waals surface area contributed by atoms with Gasteiger partial charge in [-0.05, 0) is 85.3 Å². The molecule has 3 saturated heterocycles. The molecule has 0 N–H and O–H groups in total. The van der Waals surface area contributed by atoms with E-state index in [9.17, 15) is 26.3 Å². The number of ether oxygens (including phenoxy) is 2. The van der Waals surface area contributed by atoms with Gasteiger partial charge in [-0.15, -0.1) is 0 Å². The summed E-state index contributed by atoms with van der Waals surface area (Å²) in [6, 6.07) is 19.5. The topological polar surface area (TPSA) is 21.7 Å². The van der Waals surface area contributed by atoms with Crippen LogP contribution in [0.3, 0.4) is 0 Å². The summed E-state index contributed by atoms with van der Waals surface area (Å²) in [6.07, 6.45) is -7.69. The summed E-state index contributed by atoms with van der Waals surface area (Å²) in [5.41, 5.74) is -0.578. The molecule has 0 amide bonds. The molecule has 3 aromatic rings. The maximum atomic E-state index is 13.4. The van der Waals surface area contributed by atoms with Crippen molar-refractivity contribution < 1.29 is 35.8 Å². The van der Waals surface area contributed by atoms with Crippen molar-refractivity contribution in [3.05, 3.63) is 101 Å². The molecule has 3 fully saturated rings. The van der Waals surface area contributed by atoms with Crippen LogP contribution in [-0.4, -0.2) is 37.2 Å². The third-order valence-corrected chi connectivity index (χ3v) is 8.14. The van der Waals surface area contributed by atoms with E-state index in [-0.39, 0.29) is 42.2 Å². The van der Waals surface area contributed by atoms with Crippen LogP contribution in [0.2, 0.25) is 0 Å². The Bertz CT molecular complexity index is 1240. The Kier molecular flexibility index (Phi) is 8.15. The molecule has 0 saturated carbocycles. The number of hydrogen-bond acceptors (Lipinski definition) is 3. The first kappa shape index (κ1) is 28.5. The number of rotatable bonds is 8. The zero-order valence-corrected chi connectivity index (χ0v) is 22.0. The van der Waals surface area contributed by atoms with Crippen LogP contribution in [0.4, 0.5) is 26.3 Å². The van der Waals surface area contributed by atoms with Crippen LogP contribution >= 0.6 is 0 Å². The highest BCUT2D eigenvalue weighted by Gasteiger charge is 2.47. The molecule has 214 valence electrons. The number of halogens is 6. The maximum absolute atomic E-state index is 13.4. The van der Waals surface area contributed by atoms with E-state index in [0.717, 1.165) is 54.9 Å². The maximum Gasteiger partial charge on any atom is 0.416 e. The first-order chi connectivity index (χ1) is 19.0. The second-order valence-corrected chi connectivity index (χ2v) is 10.6.